The van der Waals surface area contributed by atoms with Crippen LogP contribution in [0.4, 0.5) is 5.13 Å². The Labute approximate surface area is 152 Å². The van der Waals surface area contributed by atoms with Crippen molar-refractivity contribution < 1.29 is 4.74 Å². The highest BCUT2D eigenvalue weighted by atomic mass is 32.1. The van der Waals surface area contributed by atoms with E-state index in [9.17, 15) is 0 Å². The van der Waals surface area contributed by atoms with Crippen molar-refractivity contribution in [3.05, 3.63) is 65.0 Å². The molecule has 2 aromatic carbocycles. The molecule has 1 N–H and O–H groups in total. The van der Waals surface area contributed by atoms with Gasteiger partial charge in [-0.25, -0.2) is 4.98 Å². The number of thiazole rings is 1. The van der Waals surface area contributed by atoms with E-state index in [1.54, 1.807) is 6.21 Å². The van der Waals surface area contributed by atoms with E-state index in [1.165, 1.54) is 16.9 Å². The molecule has 0 unspecified atom stereocenters. The number of aryl methyl sites for hydroxylation is 1. The molecule has 0 saturated heterocycles. The fourth-order valence-corrected chi connectivity index (χ4v) is 2.92. The first-order valence-electron chi connectivity index (χ1n) is 8.29. The lowest BCUT2D eigenvalue weighted by Gasteiger charge is -2.04. The van der Waals surface area contributed by atoms with Crippen molar-refractivity contribution in [2.24, 2.45) is 5.10 Å². The maximum absolute atomic E-state index is 5.63. The molecule has 0 amide bonds. The van der Waals surface area contributed by atoms with Gasteiger partial charge in [0.25, 0.3) is 0 Å². The number of benzene rings is 2. The monoisotopic (exact) mass is 351 g/mol. The Hall–Kier alpha value is -2.66. The average Bonchev–Trinajstić information content (AvgIpc) is 3.10. The van der Waals surface area contributed by atoms with Gasteiger partial charge in [-0.05, 0) is 31.0 Å². The number of hydrogen-bond acceptors (Lipinski definition) is 5. The van der Waals surface area contributed by atoms with E-state index in [1.807, 2.05) is 29.6 Å². The number of anilines is 1. The molecule has 0 atom stereocenters. The minimum atomic E-state index is 0.722. The predicted octanol–water partition coefficient (Wildman–Crippen LogP) is 5.35. The Morgan fingerprint density at radius 1 is 1.20 bits per heavy atom. The summed E-state index contributed by atoms with van der Waals surface area (Å²) in [4.78, 5) is 4.57. The maximum atomic E-state index is 5.63. The maximum Gasteiger partial charge on any atom is 0.203 e. The molecule has 4 nitrogen and oxygen atoms in total. The van der Waals surface area contributed by atoms with Gasteiger partial charge in [-0.1, -0.05) is 48.9 Å². The summed E-state index contributed by atoms with van der Waals surface area (Å²) in [6.07, 6.45) is 2.76. The molecule has 1 heterocycles. The fraction of sp³-hybridized carbons (Fsp3) is 0.200. The van der Waals surface area contributed by atoms with Crippen LogP contribution in [0.3, 0.4) is 0 Å². The molecule has 3 rings (SSSR count). The Kier molecular flexibility index (Phi) is 5.80. The second kappa shape index (κ2) is 8.44. The van der Waals surface area contributed by atoms with Gasteiger partial charge in [0.15, 0.2) is 0 Å². The van der Waals surface area contributed by atoms with E-state index in [-0.39, 0.29) is 0 Å². The Morgan fingerprint density at radius 3 is 2.84 bits per heavy atom. The molecule has 0 fully saturated rings. The largest absolute Gasteiger partial charge is 0.494 e. The zero-order valence-electron chi connectivity index (χ0n) is 14.4. The van der Waals surface area contributed by atoms with Crippen molar-refractivity contribution in [1.29, 1.82) is 0 Å². The van der Waals surface area contributed by atoms with Crippen LogP contribution in [0.2, 0.25) is 0 Å². The summed E-state index contributed by atoms with van der Waals surface area (Å²) in [5.74, 6) is 0.863. The van der Waals surface area contributed by atoms with Crippen LogP contribution >= 0.6 is 11.3 Å². The molecule has 0 aliphatic heterocycles. The summed E-state index contributed by atoms with van der Waals surface area (Å²) in [6, 6.07) is 16.2. The van der Waals surface area contributed by atoms with Crippen LogP contribution in [0.15, 0.2) is 59.0 Å². The molecule has 0 aliphatic rings. The van der Waals surface area contributed by atoms with Crippen molar-refractivity contribution in [1.82, 2.24) is 4.98 Å². The lowest BCUT2D eigenvalue weighted by Crippen LogP contribution is -1.96. The summed E-state index contributed by atoms with van der Waals surface area (Å²) in [6.45, 7) is 4.89. The number of aromatic nitrogens is 1. The Morgan fingerprint density at radius 2 is 2.04 bits per heavy atom. The van der Waals surface area contributed by atoms with Gasteiger partial charge < -0.3 is 4.74 Å². The normalized spacial score (nSPS) is 11.0. The molecular weight excluding hydrogens is 330 g/mol. The van der Waals surface area contributed by atoms with Gasteiger partial charge >= 0.3 is 0 Å². The first-order chi connectivity index (χ1) is 12.2. The van der Waals surface area contributed by atoms with Gasteiger partial charge in [0, 0.05) is 10.9 Å². The molecule has 1 aromatic heterocycles. The van der Waals surface area contributed by atoms with Crippen LogP contribution in [0, 0.1) is 6.92 Å². The van der Waals surface area contributed by atoms with Crippen molar-refractivity contribution >= 4 is 22.7 Å². The van der Waals surface area contributed by atoms with Crippen LogP contribution in [-0.2, 0) is 0 Å². The average molecular weight is 351 g/mol. The second-order valence-electron chi connectivity index (χ2n) is 5.69. The third kappa shape index (κ3) is 4.90. The minimum Gasteiger partial charge on any atom is -0.494 e. The quantitative estimate of drug-likeness (QED) is 0.461. The summed E-state index contributed by atoms with van der Waals surface area (Å²) in [5, 5.41) is 7.07. The number of nitrogens with one attached hydrogen (secondary N) is 1. The number of nitrogens with zero attached hydrogens (tertiary/aromatic N) is 2. The molecule has 0 spiro atoms. The van der Waals surface area contributed by atoms with Crippen LogP contribution in [-0.4, -0.2) is 17.8 Å². The summed E-state index contributed by atoms with van der Waals surface area (Å²) >= 11 is 1.54. The highest BCUT2D eigenvalue weighted by molar-refractivity contribution is 7.14. The highest BCUT2D eigenvalue weighted by Crippen LogP contribution is 2.25. The van der Waals surface area contributed by atoms with Crippen LogP contribution in [0.5, 0.6) is 5.75 Å². The molecular formula is C20H21N3OS. The van der Waals surface area contributed by atoms with Gasteiger partial charge in [0.2, 0.25) is 5.13 Å². The van der Waals surface area contributed by atoms with Gasteiger partial charge in [0.05, 0.1) is 18.5 Å². The zero-order chi connectivity index (χ0) is 17.5. The van der Waals surface area contributed by atoms with E-state index >= 15 is 0 Å². The number of hydrogen-bond donors (Lipinski definition) is 1. The standard InChI is InChI=1S/C20H21N3OS/c1-3-11-24-18-6-4-5-16(12-18)13-21-23-20-22-19(14-25-20)17-9-7-15(2)8-10-17/h4-10,12-14H,3,11H2,1-2H3,(H,22,23)/b21-13-. The van der Waals surface area contributed by atoms with E-state index in [0.717, 1.165) is 40.7 Å². The van der Waals surface area contributed by atoms with Crippen LogP contribution in [0.1, 0.15) is 24.5 Å². The predicted molar refractivity (Wildman–Crippen MR) is 106 cm³/mol. The first kappa shape index (κ1) is 17.2. The van der Waals surface area contributed by atoms with Crippen molar-refractivity contribution in [2.75, 3.05) is 12.0 Å². The lowest BCUT2D eigenvalue weighted by molar-refractivity contribution is 0.317. The van der Waals surface area contributed by atoms with E-state index in [0.29, 0.717) is 0 Å². The first-order valence-corrected chi connectivity index (χ1v) is 9.17. The molecule has 128 valence electrons. The van der Waals surface area contributed by atoms with E-state index in [2.05, 4.69) is 53.6 Å². The molecule has 5 heteroatoms. The molecule has 3 aromatic rings. The SMILES string of the molecule is CCCOc1cccc(/C=N\Nc2nc(-c3ccc(C)cc3)cs2)c1. The third-order valence-corrected chi connectivity index (χ3v) is 4.30. The summed E-state index contributed by atoms with van der Waals surface area (Å²) in [7, 11) is 0. The molecule has 0 saturated carbocycles. The van der Waals surface area contributed by atoms with Gasteiger partial charge in [0.1, 0.15) is 5.75 Å². The minimum absolute atomic E-state index is 0.722. The molecule has 0 bridgehead atoms. The number of rotatable bonds is 7. The Balaban J connectivity index is 1.62. The molecule has 0 aliphatic carbocycles. The smallest absolute Gasteiger partial charge is 0.203 e. The van der Waals surface area contributed by atoms with Crippen molar-refractivity contribution in [2.45, 2.75) is 20.3 Å². The summed E-state index contributed by atoms with van der Waals surface area (Å²) < 4.78 is 5.63. The third-order valence-electron chi connectivity index (χ3n) is 3.56. The van der Waals surface area contributed by atoms with Crippen molar-refractivity contribution in [3.8, 4) is 17.0 Å². The fourth-order valence-electron chi connectivity index (χ4n) is 2.25. The van der Waals surface area contributed by atoms with E-state index in [4.69, 9.17) is 4.74 Å². The summed E-state index contributed by atoms with van der Waals surface area (Å²) in [5.41, 5.74) is 7.29. The zero-order valence-corrected chi connectivity index (χ0v) is 15.2. The Bertz CT molecular complexity index is 840. The lowest BCUT2D eigenvalue weighted by atomic mass is 10.1. The topological polar surface area (TPSA) is 46.5 Å². The highest BCUT2D eigenvalue weighted by Gasteiger charge is 2.03. The second-order valence-corrected chi connectivity index (χ2v) is 6.55. The molecule has 0 radical (unpaired) electrons. The van der Waals surface area contributed by atoms with Gasteiger partial charge in [-0.3, -0.25) is 5.43 Å². The van der Waals surface area contributed by atoms with Crippen LogP contribution in [0.25, 0.3) is 11.3 Å². The van der Waals surface area contributed by atoms with Gasteiger partial charge in [-0.15, -0.1) is 11.3 Å². The number of ether oxygens (including phenoxy) is 1. The van der Waals surface area contributed by atoms with E-state index < -0.39 is 0 Å². The molecule has 25 heavy (non-hydrogen) atoms. The number of hydrazone groups is 1. The van der Waals surface area contributed by atoms with Crippen LogP contribution < -0.4 is 10.2 Å². The van der Waals surface area contributed by atoms with Crippen molar-refractivity contribution in [3.63, 3.8) is 0 Å². The van der Waals surface area contributed by atoms with Gasteiger partial charge in [-0.2, -0.15) is 5.10 Å².